The number of benzene rings is 2. The molecule has 0 saturated heterocycles. The molecule has 1 heterocycles. The number of fused-ring (bicyclic) bond motifs is 1. The number of aromatic nitrogens is 1. The summed E-state index contributed by atoms with van der Waals surface area (Å²) >= 11 is 0. The summed E-state index contributed by atoms with van der Waals surface area (Å²) in [5, 5.41) is 11.1. The standard InChI is InChI=1S/C17H13NO3/c1-18-16(13-8-4-5-9-15(13)20)14(10-19)11-6-2-3-7-12(11)17(18)21/h2-10,20H,1H3. The highest BCUT2D eigenvalue weighted by atomic mass is 16.3. The summed E-state index contributed by atoms with van der Waals surface area (Å²) in [7, 11) is 1.60. The number of para-hydroxylation sites is 1. The first-order valence-corrected chi connectivity index (χ1v) is 6.50. The summed E-state index contributed by atoms with van der Waals surface area (Å²) in [6.45, 7) is 0. The lowest BCUT2D eigenvalue weighted by molar-refractivity contribution is 0.112. The number of carbonyl (C=O) groups is 1. The Hall–Kier alpha value is -2.88. The molecule has 0 aliphatic heterocycles. The average Bonchev–Trinajstić information content (AvgIpc) is 2.51. The van der Waals surface area contributed by atoms with Crippen molar-refractivity contribution in [3.8, 4) is 17.0 Å². The number of aromatic hydroxyl groups is 1. The number of rotatable bonds is 2. The van der Waals surface area contributed by atoms with Crippen LogP contribution >= 0.6 is 0 Å². The van der Waals surface area contributed by atoms with Crippen molar-refractivity contribution < 1.29 is 9.90 Å². The predicted molar refractivity (Wildman–Crippen MR) is 81.7 cm³/mol. The Morgan fingerprint density at radius 3 is 2.29 bits per heavy atom. The first kappa shape index (κ1) is 13.1. The molecule has 0 aliphatic rings. The Labute approximate surface area is 120 Å². The molecule has 0 radical (unpaired) electrons. The number of carbonyl (C=O) groups excluding carboxylic acids is 1. The van der Waals surface area contributed by atoms with Crippen LogP contribution in [-0.4, -0.2) is 16.0 Å². The molecule has 0 fully saturated rings. The molecule has 0 unspecified atom stereocenters. The van der Waals surface area contributed by atoms with E-state index in [2.05, 4.69) is 0 Å². The molecule has 3 aromatic rings. The van der Waals surface area contributed by atoms with Gasteiger partial charge in [-0.25, -0.2) is 0 Å². The minimum Gasteiger partial charge on any atom is -0.507 e. The quantitative estimate of drug-likeness (QED) is 0.734. The van der Waals surface area contributed by atoms with E-state index in [1.54, 1.807) is 49.5 Å². The van der Waals surface area contributed by atoms with E-state index in [1.165, 1.54) is 10.6 Å². The Morgan fingerprint density at radius 1 is 1.00 bits per heavy atom. The maximum atomic E-state index is 12.5. The van der Waals surface area contributed by atoms with E-state index in [4.69, 9.17) is 0 Å². The number of pyridine rings is 1. The molecule has 0 aliphatic carbocycles. The molecule has 0 amide bonds. The molecule has 4 nitrogen and oxygen atoms in total. The van der Waals surface area contributed by atoms with E-state index in [9.17, 15) is 14.7 Å². The summed E-state index contributed by atoms with van der Waals surface area (Å²) in [6.07, 6.45) is 0.726. The minimum atomic E-state index is -0.200. The molecule has 0 atom stereocenters. The van der Waals surface area contributed by atoms with Crippen LogP contribution < -0.4 is 5.56 Å². The van der Waals surface area contributed by atoms with Crippen LogP contribution in [0.15, 0.2) is 53.3 Å². The minimum absolute atomic E-state index is 0.0332. The van der Waals surface area contributed by atoms with Crippen molar-refractivity contribution in [1.82, 2.24) is 4.57 Å². The maximum absolute atomic E-state index is 12.5. The van der Waals surface area contributed by atoms with Gasteiger partial charge in [-0.1, -0.05) is 30.3 Å². The highest BCUT2D eigenvalue weighted by Gasteiger charge is 2.17. The zero-order valence-corrected chi connectivity index (χ0v) is 11.4. The molecule has 4 heteroatoms. The number of hydrogen-bond donors (Lipinski definition) is 1. The second-order valence-electron chi connectivity index (χ2n) is 4.81. The van der Waals surface area contributed by atoms with Crippen molar-refractivity contribution in [2.24, 2.45) is 7.05 Å². The van der Waals surface area contributed by atoms with Gasteiger partial charge in [0.25, 0.3) is 5.56 Å². The van der Waals surface area contributed by atoms with E-state index in [0.29, 0.717) is 27.6 Å². The number of phenols is 1. The molecule has 2 aromatic carbocycles. The van der Waals surface area contributed by atoms with E-state index < -0.39 is 0 Å². The third-order valence-electron chi connectivity index (χ3n) is 3.62. The summed E-state index contributed by atoms with van der Waals surface area (Å²) in [5.41, 5.74) is 1.08. The normalized spacial score (nSPS) is 10.7. The van der Waals surface area contributed by atoms with E-state index >= 15 is 0 Å². The van der Waals surface area contributed by atoms with Crippen LogP contribution in [0.4, 0.5) is 0 Å². The van der Waals surface area contributed by atoms with Gasteiger partial charge < -0.3 is 9.67 Å². The van der Waals surface area contributed by atoms with Gasteiger partial charge >= 0.3 is 0 Å². The highest BCUT2D eigenvalue weighted by Crippen LogP contribution is 2.32. The molecule has 0 spiro atoms. The lowest BCUT2D eigenvalue weighted by Crippen LogP contribution is -2.20. The number of aldehydes is 1. The van der Waals surface area contributed by atoms with E-state index in [-0.39, 0.29) is 11.3 Å². The van der Waals surface area contributed by atoms with E-state index in [1.807, 2.05) is 0 Å². The third kappa shape index (κ3) is 1.92. The third-order valence-corrected chi connectivity index (χ3v) is 3.62. The van der Waals surface area contributed by atoms with E-state index in [0.717, 1.165) is 6.29 Å². The zero-order chi connectivity index (χ0) is 15.0. The molecule has 1 aromatic heterocycles. The number of hydrogen-bond acceptors (Lipinski definition) is 3. The molecule has 104 valence electrons. The molecule has 0 bridgehead atoms. The molecular weight excluding hydrogens is 266 g/mol. The smallest absolute Gasteiger partial charge is 0.258 e. The highest BCUT2D eigenvalue weighted by molar-refractivity contribution is 6.03. The largest absolute Gasteiger partial charge is 0.507 e. The predicted octanol–water partition coefficient (Wildman–Crippen LogP) is 2.72. The van der Waals surface area contributed by atoms with Gasteiger partial charge in [-0.15, -0.1) is 0 Å². The van der Waals surface area contributed by atoms with Crippen molar-refractivity contribution in [3.05, 3.63) is 64.4 Å². The molecule has 1 N–H and O–H groups in total. The van der Waals surface area contributed by atoms with Crippen LogP contribution in [0.3, 0.4) is 0 Å². The van der Waals surface area contributed by atoms with Gasteiger partial charge in [0.2, 0.25) is 0 Å². The van der Waals surface area contributed by atoms with Crippen LogP contribution in [0, 0.1) is 0 Å². The van der Waals surface area contributed by atoms with Gasteiger partial charge in [0, 0.05) is 23.6 Å². The van der Waals surface area contributed by atoms with Crippen molar-refractivity contribution in [2.75, 3.05) is 0 Å². The van der Waals surface area contributed by atoms with Crippen molar-refractivity contribution in [3.63, 3.8) is 0 Å². The Balaban J connectivity index is 2.54. The second-order valence-corrected chi connectivity index (χ2v) is 4.81. The Morgan fingerprint density at radius 2 is 1.62 bits per heavy atom. The fraction of sp³-hybridized carbons (Fsp3) is 0.0588. The van der Waals surface area contributed by atoms with Crippen LogP contribution in [0.1, 0.15) is 10.4 Å². The fourth-order valence-electron chi connectivity index (χ4n) is 2.61. The molecule has 0 saturated carbocycles. The van der Waals surface area contributed by atoms with Gasteiger partial charge in [0.1, 0.15) is 5.75 Å². The molecule has 3 rings (SSSR count). The van der Waals surface area contributed by atoms with Gasteiger partial charge in [-0.05, 0) is 23.6 Å². The van der Waals surface area contributed by atoms with Crippen LogP contribution in [0.2, 0.25) is 0 Å². The first-order valence-electron chi connectivity index (χ1n) is 6.50. The maximum Gasteiger partial charge on any atom is 0.258 e. The van der Waals surface area contributed by atoms with Crippen molar-refractivity contribution >= 4 is 17.1 Å². The summed E-state index contributed by atoms with van der Waals surface area (Å²) < 4.78 is 1.40. The van der Waals surface area contributed by atoms with Crippen molar-refractivity contribution in [1.29, 1.82) is 0 Å². The van der Waals surface area contributed by atoms with Crippen LogP contribution in [-0.2, 0) is 7.05 Å². The number of phenolic OH excluding ortho intramolecular Hbond substituents is 1. The van der Waals surface area contributed by atoms with Gasteiger partial charge in [0.05, 0.1) is 5.69 Å². The second kappa shape index (κ2) is 4.90. The van der Waals surface area contributed by atoms with Crippen LogP contribution in [0.5, 0.6) is 5.75 Å². The summed E-state index contributed by atoms with van der Waals surface area (Å²) in [4.78, 5) is 24.1. The monoisotopic (exact) mass is 279 g/mol. The van der Waals surface area contributed by atoms with Crippen molar-refractivity contribution in [2.45, 2.75) is 0 Å². The van der Waals surface area contributed by atoms with Gasteiger partial charge in [-0.3, -0.25) is 9.59 Å². The number of nitrogens with zero attached hydrogens (tertiary/aromatic N) is 1. The first-order chi connectivity index (χ1) is 10.1. The summed E-state index contributed by atoms with van der Waals surface area (Å²) in [6, 6.07) is 13.6. The zero-order valence-electron chi connectivity index (χ0n) is 11.4. The lowest BCUT2D eigenvalue weighted by Gasteiger charge is -2.15. The average molecular weight is 279 g/mol. The Bertz CT molecular complexity index is 910. The Kier molecular flexibility index (Phi) is 3.06. The van der Waals surface area contributed by atoms with Gasteiger partial charge in [-0.2, -0.15) is 0 Å². The van der Waals surface area contributed by atoms with Gasteiger partial charge in [0.15, 0.2) is 6.29 Å². The SMILES string of the molecule is Cn1c(-c2ccccc2O)c(C=O)c2ccccc2c1=O. The fourth-order valence-corrected chi connectivity index (χ4v) is 2.61. The van der Waals surface area contributed by atoms with Crippen LogP contribution in [0.25, 0.3) is 22.0 Å². The lowest BCUT2D eigenvalue weighted by atomic mass is 9.99. The molecular formula is C17H13NO3. The molecule has 21 heavy (non-hydrogen) atoms. The topological polar surface area (TPSA) is 59.3 Å². The summed E-state index contributed by atoms with van der Waals surface area (Å²) in [5.74, 6) is 0.0332.